The average Bonchev–Trinajstić information content (AvgIpc) is 2.32. The fourth-order valence-corrected chi connectivity index (χ4v) is 2.13. The summed E-state index contributed by atoms with van der Waals surface area (Å²) in [5.41, 5.74) is 0. The Labute approximate surface area is 108 Å². The lowest BCUT2D eigenvalue weighted by molar-refractivity contribution is 0.377. The highest BCUT2D eigenvalue weighted by molar-refractivity contribution is 4.89. The van der Waals surface area contributed by atoms with Crippen LogP contribution in [-0.4, -0.2) is 5.11 Å². The summed E-state index contributed by atoms with van der Waals surface area (Å²) in [4.78, 5) is 0. The first-order valence-corrected chi connectivity index (χ1v) is 7.69. The molecule has 0 fully saturated rings. The van der Waals surface area contributed by atoms with Gasteiger partial charge in [0.2, 0.25) is 0 Å². The van der Waals surface area contributed by atoms with Crippen LogP contribution in [0.5, 0.6) is 0 Å². The van der Waals surface area contributed by atoms with E-state index in [1.807, 2.05) is 6.08 Å². The van der Waals surface area contributed by atoms with E-state index in [4.69, 9.17) is 0 Å². The van der Waals surface area contributed by atoms with Gasteiger partial charge in [0.25, 0.3) is 0 Å². The van der Waals surface area contributed by atoms with E-state index in [9.17, 15) is 5.11 Å². The van der Waals surface area contributed by atoms with Gasteiger partial charge in [0.1, 0.15) is 0 Å². The van der Waals surface area contributed by atoms with Gasteiger partial charge in [-0.05, 0) is 18.9 Å². The molecule has 0 spiro atoms. The number of hydrogen-bond donors (Lipinski definition) is 1. The highest BCUT2D eigenvalue weighted by Gasteiger charge is 1.94. The van der Waals surface area contributed by atoms with Crippen LogP contribution in [0.1, 0.15) is 90.9 Å². The first kappa shape index (κ1) is 16.5. The number of aliphatic hydroxyl groups is 1. The predicted molar refractivity (Wildman–Crippen MR) is 77.5 cm³/mol. The maximum Gasteiger partial charge on any atom is 0.0882 e. The summed E-state index contributed by atoms with van der Waals surface area (Å²) in [7, 11) is 0. The molecular formula is C16H32O. The number of rotatable bonds is 12. The van der Waals surface area contributed by atoms with Crippen molar-refractivity contribution >= 4 is 0 Å². The third-order valence-electron chi connectivity index (χ3n) is 3.23. The number of hydrogen-bond acceptors (Lipinski definition) is 1. The van der Waals surface area contributed by atoms with Crippen molar-refractivity contribution in [1.29, 1.82) is 0 Å². The lowest BCUT2D eigenvalue weighted by atomic mass is 10.1. The van der Waals surface area contributed by atoms with Crippen molar-refractivity contribution in [2.24, 2.45) is 0 Å². The summed E-state index contributed by atoms with van der Waals surface area (Å²) in [6.07, 6.45) is 17.3. The molecule has 0 amide bonds. The molecule has 0 aliphatic carbocycles. The largest absolute Gasteiger partial charge is 0.513 e. The zero-order valence-electron chi connectivity index (χ0n) is 12.0. The molecule has 0 aromatic rings. The van der Waals surface area contributed by atoms with Gasteiger partial charge in [-0.1, -0.05) is 71.6 Å². The molecule has 0 rings (SSSR count). The Morgan fingerprint density at radius 1 is 0.765 bits per heavy atom. The van der Waals surface area contributed by atoms with Gasteiger partial charge in [0, 0.05) is 6.42 Å². The lowest BCUT2D eigenvalue weighted by Crippen LogP contribution is -1.84. The van der Waals surface area contributed by atoms with Crippen molar-refractivity contribution in [1.82, 2.24) is 0 Å². The van der Waals surface area contributed by atoms with Gasteiger partial charge in [-0.25, -0.2) is 0 Å². The maximum absolute atomic E-state index is 9.43. The standard InChI is InChI=1S/C16H32O/c1-3-5-6-7-8-9-10-11-12-13-15-16(17)14-4-2/h14,17H,3-13,15H2,1-2H3. The van der Waals surface area contributed by atoms with Crippen LogP contribution in [0.15, 0.2) is 11.8 Å². The third kappa shape index (κ3) is 13.5. The smallest absolute Gasteiger partial charge is 0.0882 e. The average molecular weight is 240 g/mol. The molecule has 1 N–H and O–H groups in total. The van der Waals surface area contributed by atoms with Crippen LogP contribution < -0.4 is 0 Å². The molecule has 17 heavy (non-hydrogen) atoms. The van der Waals surface area contributed by atoms with E-state index >= 15 is 0 Å². The van der Waals surface area contributed by atoms with E-state index in [1.54, 1.807) is 0 Å². The Morgan fingerprint density at radius 2 is 1.24 bits per heavy atom. The van der Waals surface area contributed by atoms with Gasteiger partial charge in [-0.3, -0.25) is 0 Å². The lowest BCUT2D eigenvalue weighted by Gasteiger charge is -2.02. The molecule has 0 unspecified atom stereocenters. The minimum Gasteiger partial charge on any atom is -0.513 e. The Balaban J connectivity index is 3.06. The molecule has 0 heterocycles. The SMILES string of the molecule is CCC=C(O)CCCCCCCCCCCC. The highest BCUT2D eigenvalue weighted by Crippen LogP contribution is 2.12. The summed E-state index contributed by atoms with van der Waals surface area (Å²) < 4.78 is 0. The Morgan fingerprint density at radius 3 is 1.71 bits per heavy atom. The van der Waals surface area contributed by atoms with Crippen LogP contribution >= 0.6 is 0 Å². The molecule has 1 heteroatoms. The van der Waals surface area contributed by atoms with Crippen molar-refractivity contribution in [3.63, 3.8) is 0 Å². The number of aliphatic hydroxyl groups excluding tert-OH is 1. The number of unbranched alkanes of at least 4 members (excludes halogenated alkanes) is 9. The van der Waals surface area contributed by atoms with Crippen LogP contribution in [0.25, 0.3) is 0 Å². The second-order valence-electron chi connectivity index (χ2n) is 5.04. The minimum atomic E-state index is 0.590. The van der Waals surface area contributed by atoms with Crippen LogP contribution in [0.4, 0.5) is 0 Å². The van der Waals surface area contributed by atoms with E-state index in [1.165, 1.54) is 57.8 Å². The fourth-order valence-electron chi connectivity index (χ4n) is 2.13. The molecule has 0 aliphatic heterocycles. The predicted octanol–water partition coefficient (Wildman–Crippen LogP) is 6.15. The maximum atomic E-state index is 9.43. The monoisotopic (exact) mass is 240 g/mol. The van der Waals surface area contributed by atoms with Crippen LogP contribution in [0.2, 0.25) is 0 Å². The molecule has 0 saturated heterocycles. The Bertz CT molecular complexity index is 172. The van der Waals surface area contributed by atoms with E-state index in [0.717, 1.165) is 19.3 Å². The van der Waals surface area contributed by atoms with Gasteiger partial charge in [0.15, 0.2) is 0 Å². The van der Waals surface area contributed by atoms with Gasteiger partial charge < -0.3 is 5.11 Å². The van der Waals surface area contributed by atoms with Gasteiger partial charge in [-0.15, -0.1) is 0 Å². The first-order chi connectivity index (χ1) is 8.31. The van der Waals surface area contributed by atoms with E-state index in [-0.39, 0.29) is 0 Å². The molecule has 0 aromatic carbocycles. The summed E-state index contributed by atoms with van der Waals surface area (Å²) >= 11 is 0. The van der Waals surface area contributed by atoms with Crippen molar-refractivity contribution in [2.45, 2.75) is 90.9 Å². The van der Waals surface area contributed by atoms with Crippen molar-refractivity contribution in [3.05, 3.63) is 11.8 Å². The Hall–Kier alpha value is -0.460. The minimum absolute atomic E-state index is 0.590. The quantitative estimate of drug-likeness (QED) is 0.320. The second-order valence-corrected chi connectivity index (χ2v) is 5.04. The second kappa shape index (κ2) is 13.6. The highest BCUT2D eigenvalue weighted by atomic mass is 16.3. The van der Waals surface area contributed by atoms with Gasteiger partial charge >= 0.3 is 0 Å². The number of allylic oxidation sites excluding steroid dienone is 2. The summed E-state index contributed by atoms with van der Waals surface area (Å²) in [5.74, 6) is 0.590. The molecule has 102 valence electrons. The fraction of sp³-hybridized carbons (Fsp3) is 0.875. The normalized spacial score (nSPS) is 12.0. The van der Waals surface area contributed by atoms with E-state index in [2.05, 4.69) is 13.8 Å². The molecule has 0 radical (unpaired) electrons. The molecule has 0 bridgehead atoms. The van der Waals surface area contributed by atoms with Crippen molar-refractivity contribution in [3.8, 4) is 0 Å². The van der Waals surface area contributed by atoms with Crippen molar-refractivity contribution in [2.75, 3.05) is 0 Å². The molecule has 1 nitrogen and oxygen atoms in total. The third-order valence-corrected chi connectivity index (χ3v) is 3.23. The molecular weight excluding hydrogens is 208 g/mol. The van der Waals surface area contributed by atoms with Crippen LogP contribution in [0, 0.1) is 0 Å². The molecule has 0 aliphatic rings. The topological polar surface area (TPSA) is 20.2 Å². The van der Waals surface area contributed by atoms with Crippen LogP contribution in [0.3, 0.4) is 0 Å². The zero-order valence-corrected chi connectivity index (χ0v) is 12.0. The van der Waals surface area contributed by atoms with Gasteiger partial charge in [0.05, 0.1) is 5.76 Å². The summed E-state index contributed by atoms with van der Waals surface area (Å²) in [6.45, 7) is 4.33. The zero-order chi connectivity index (χ0) is 12.8. The van der Waals surface area contributed by atoms with Crippen molar-refractivity contribution < 1.29 is 5.11 Å². The first-order valence-electron chi connectivity index (χ1n) is 7.69. The molecule has 0 atom stereocenters. The molecule has 0 aromatic heterocycles. The summed E-state index contributed by atoms with van der Waals surface area (Å²) in [5, 5.41) is 9.43. The Kier molecular flexibility index (Phi) is 13.2. The van der Waals surface area contributed by atoms with E-state index in [0.29, 0.717) is 5.76 Å². The summed E-state index contributed by atoms with van der Waals surface area (Å²) in [6, 6.07) is 0. The van der Waals surface area contributed by atoms with Gasteiger partial charge in [-0.2, -0.15) is 0 Å². The van der Waals surface area contributed by atoms with E-state index < -0.39 is 0 Å². The molecule has 0 saturated carbocycles. The van der Waals surface area contributed by atoms with Crippen LogP contribution in [-0.2, 0) is 0 Å².